The van der Waals surface area contributed by atoms with Crippen LogP contribution in [0.2, 0.25) is 0 Å². The molecule has 1 N–H and O–H groups in total. The van der Waals surface area contributed by atoms with Gasteiger partial charge >= 0.3 is 6.03 Å². The van der Waals surface area contributed by atoms with Gasteiger partial charge in [0.1, 0.15) is 11.6 Å². The number of urea groups is 1. The van der Waals surface area contributed by atoms with Crippen LogP contribution in [0.4, 0.5) is 20.7 Å². The van der Waals surface area contributed by atoms with Gasteiger partial charge in [-0.1, -0.05) is 6.07 Å². The first-order valence-corrected chi connectivity index (χ1v) is 5.53. The van der Waals surface area contributed by atoms with E-state index in [1.807, 2.05) is 12.1 Å². The largest absolute Gasteiger partial charge is 0.333 e. The smallest absolute Gasteiger partial charge is 0.327 e. The summed E-state index contributed by atoms with van der Waals surface area (Å²) in [6.07, 6.45) is 1.63. The van der Waals surface area contributed by atoms with Crippen molar-refractivity contribution in [2.24, 2.45) is 0 Å². The second kappa shape index (κ2) is 4.10. The standard InChI is InChI=1S/C13H10FN3O/c14-10-3-5-11(6-4-10)17-12-9(2-1-7-15-12)8-16-13(17)18/h1-7H,8H2,(H,16,18). The molecule has 5 heteroatoms. The van der Waals surface area contributed by atoms with Gasteiger partial charge in [-0.15, -0.1) is 0 Å². The number of fused-ring (bicyclic) bond motifs is 1. The van der Waals surface area contributed by atoms with Crippen LogP contribution in [0.1, 0.15) is 5.56 Å². The molecule has 0 bridgehead atoms. The van der Waals surface area contributed by atoms with E-state index in [1.54, 1.807) is 18.3 Å². The van der Waals surface area contributed by atoms with Gasteiger partial charge < -0.3 is 5.32 Å². The Hall–Kier alpha value is -2.43. The molecular weight excluding hydrogens is 233 g/mol. The number of carbonyl (C=O) groups is 1. The van der Waals surface area contributed by atoms with Crippen molar-refractivity contribution in [1.82, 2.24) is 10.3 Å². The molecule has 2 heterocycles. The van der Waals surface area contributed by atoms with Gasteiger partial charge in [0.15, 0.2) is 0 Å². The fourth-order valence-electron chi connectivity index (χ4n) is 1.95. The van der Waals surface area contributed by atoms with Crippen LogP contribution in [0.5, 0.6) is 0 Å². The van der Waals surface area contributed by atoms with Crippen LogP contribution in [0.25, 0.3) is 0 Å². The topological polar surface area (TPSA) is 45.2 Å². The molecular formula is C13H10FN3O. The van der Waals surface area contributed by atoms with Gasteiger partial charge in [-0.25, -0.2) is 19.1 Å². The molecule has 0 unspecified atom stereocenters. The Labute approximate surface area is 103 Å². The molecule has 18 heavy (non-hydrogen) atoms. The Morgan fingerprint density at radius 3 is 2.78 bits per heavy atom. The van der Waals surface area contributed by atoms with Crippen LogP contribution in [-0.4, -0.2) is 11.0 Å². The number of pyridine rings is 1. The van der Waals surface area contributed by atoms with Crippen LogP contribution in [0, 0.1) is 5.82 Å². The third-order valence-electron chi connectivity index (χ3n) is 2.80. The molecule has 0 fully saturated rings. The van der Waals surface area contributed by atoms with Crippen molar-refractivity contribution in [2.45, 2.75) is 6.54 Å². The van der Waals surface area contributed by atoms with E-state index in [1.165, 1.54) is 17.0 Å². The maximum Gasteiger partial charge on any atom is 0.327 e. The lowest BCUT2D eigenvalue weighted by molar-refractivity contribution is 0.247. The normalized spacial score (nSPS) is 14.1. The summed E-state index contributed by atoms with van der Waals surface area (Å²) < 4.78 is 12.9. The van der Waals surface area contributed by atoms with Gasteiger partial charge in [-0.2, -0.15) is 0 Å². The van der Waals surface area contributed by atoms with E-state index in [9.17, 15) is 9.18 Å². The minimum atomic E-state index is -0.336. The van der Waals surface area contributed by atoms with Gasteiger partial charge in [0.25, 0.3) is 0 Å². The first-order chi connectivity index (χ1) is 8.75. The van der Waals surface area contributed by atoms with Crippen molar-refractivity contribution < 1.29 is 9.18 Å². The summed E-state index contributed by atoms with van der Waals surface area (Å²) in [5.41, 5.74) is 1.52. The van der Waals surface area contributed by atoms with Crippen molar-refractivity contribution in [3.05, 3.63) is 54.0 Å². The summed E-state index contributed by atoms with van der Waals surface area (Å²) in [6, 6.07) is 9.21. The van der Waals surface area contributed by atoms with E-state index >= 15 is 0 Å². The predicted octanol–water partition coefficient (Wildman–Crippen LogP) is 2.58. The summed E-state index contributed by atoms with van der Waals surface area (Å²) in [5.74, 6) is 0.255. The fourth-order valence-corrected chi connectivity index (χ4v) is 1.95. The molecule has 1 aromatic carbocycles. The maximum absolute atomic E-state index is 12.9. The number of halogens is 1. The number of benzene rings is 1. The van der Waals surface area contributed by atoms with Gasteiger partial charge in [0, 0.05) is 18.3 Å². The van der Waals surface area contributed by atoms with Crippen LogP contribution < -0.4 is 10.2 Å². The van der Waals surface area contributed by atoms with Crippen LogP contribution in [0.3, 0.4) is 0 Å². The van der Waals surface area contributed by atoms with Crippen LogP contribution in [0.15, 0.2) is 42.6 Å². The number of nitrogens with zero attached hydrogens (tertiary/aromatic N) is 2. The Balaban J connectivity index is 2.10. The van der Waals surface area contributed by atoms with Crippen molar-refractivity contribution in [3.63, 3.8) is 0 Å². The molecule has 0 spiro atoms. The van der Waals surface area contributed by atoms with Gasteiger partial charge in [0.2, 0.25) is 0 Å². The van der Waals surface area contributed by atoms with Gasteiger partial charge in [-0.3, -0.25) is 0 Å². The zero-order valence-electron chi connectivity index (χ0n) is 9.43. The Morgan fingerprint density at radius 2 is 2.00 bits per heavy atom. The van der Waals surface area contributed by atoms with Crippen molar-refractivity contribution in [2.75, 3.05) is 4.90 Å². The summed E-state index contributed by atoms with van der Waals surface area (Å²) in [5, 5.41) is 2.75. The van der Waals surface area contributed by atoms with Crippen molar-refractivity contribution in [1.29, 1.82) is 0 Å². The van der Waals surface area contributed by atoms with E-state index in [4.69, 9.17) is 0 Å². The summed E-state index contributed by atoms with van der Waals surface area (Å²) in [7, 11) is 0. The Morgan fingerprint density at radius 1 is 1.22 bits per heavy atom. The zero-order chi connectivity index (χ0) is 12.5. The number of aromatic nitrogens is 1. The highest BCUT2D eigenvalue weighted by Crippen LogP contribution is 2.29. The average Bonchev–Trinajstić information content (AvgIpc) is 2.40. The molecule has 1 aliphatic heterocycles. The molecule has 0 saturated carbocycles. The second-order valence-corrected chi connectivity index (χ2v) is 3.96. The molecule has 2 amide bonds. The highest BCUT2D eigenvalue weighted by molar-refractivity contribution is 6.00. The molecule has 1 aromatic heterocycles. The zero-order valence-corrected chi connectivity index (χ0v) is 9.43. The molecule has 0 atom stereocenters. The number of hydrogen-bond donors (Lipinski definition) is 1. The minimum absolute atomic E-state index is 0.257. The molecule has 0 radical (unpaired) electrons. The molecule has 2 aromatic rings. The lowest BCUT2D eigenvalue weighted by Crippen LogP contribution is -2.41. The molecule has 0 aliphatic carbocycles. The third-order valence-corrected chi connectivity index (χ3v) is 2.80. The summed E-state index contributed by atoms with van der Waals surface area (Å²) in [4.78, 5) is 17.6. The molecule has 1 aliphatic rings. The summed E-state index contributed by atoms with van der Waals surface area (Å²) >= 11 is 0. The quantitative estimate of drug-likeness (QED) is 0.836. The van der Waals surface area contributed by atoms with Crippen molar-refractivity contribution >= 4 is 17.5 Å². The Kier molecular flexibility index (Phi) is 2.44. The predicted molar refractivity (Wildman–Crippen MR) is 65.0 cm³/mol. The van der Waals surface area contributed by atoms with E-state index < -0.39 is 0 Å². The Bertz CT molecular complexity index is 597. The van der Waals surface area contributed by atoms with E-state index in [2.05, 4.69) is 10.3 Å². The minimum Gasteiger partial charge on any atom is -0.333 e. The number of hydrogen-bond acceptors (Lipinski definition) is 2. The number of nitrogens with one attached hydrogen (secondary N) is 1. The lowest BCUT2D eigenvalue weighted by Gasteiger charge is -2.28. The molecule has 90 valence electrons. The SMILES string of the molecule is O=C1NCc2cccnc2N1c1ccc(F)cc1. The average molecular weight is 243 g/mol. The van der Waals surface area contributed by atoms with Crippen LogP contribution >= 0.6 is 0 Å². The van der Waals surface area contributed by atoms with Gasteiger partial charge in [-0.05, 0) is 30.3 Å². The van der Waals surface area contributed by atoms with Crippen molar-refractivity contribution in [3.8, 4) is 0 Å². The third kappa shape index (κ3) is 1.69. The van der Waals surface area contributed by atoms with Crippen LogP contribution in [-0.2, 0) is 6.54 Å². The molecule has 0 saturated heterocycles. The van der Waals surface area contributed by atoms with Gasteiger partial charge in [0.05, 0.1) is 5.69 Å². The highest BCUT2D eigenvalue weighted by Gasteiger charge is 2.26. The number of amides is 2. The number of rotatable bonds is 1. The first-order valence-electron chi connectivity index (χ1n) is 5.53. The highest BCUT2D eigenvalue weighted by atomic mass is 19.1. The number of carbonyl (C=O) groups excluding carboxylic acids is 1. The second-order valence-electron chi connectivity index (χ2n) is 3.96. The summed E-state index contributed by atoms with van der Waals surface area (Å²) in [6.45, 7) is 0.458. The fraction of sp³-hybridized carbons (Fsp3) is 0.0769. The van der Waals surface area contributed by atoms with E-state index in [0.717, 1.165) is 5.56 Å². The molecule has 4 nitrogen and oxygen atoms in total. The van der Waals surface area contributed by atoms with E-state index in [0.29, 0.717) is 18.1 Å². The van der Waals surface area contributed by atoms with E-state index in [-0.39, 0.29) is 11.8 Å². The molecule has 3 rings (SSSR count). The lowest BCUT2D eigenvalue weighted by atomic mass is 10.2. The first kappa shape index (κ1) is 10.7. The number of anilines is 2. The maximum atomic E-state index is 12.9. The monoisotopic (exact) mass is 243 g/mol.